The summed E-state index contributed by atoms with van der Waals surface area (Å²) in [7, 11) is 1.49. The Morgan fingerprint density at radius 2 is 1.89 bits per heavy atom. The van der Waals surface area contributed by atoms with Crippen molar-refractivity contribution in [1.82, 2.24) is 0 Å². The Morgan fingerprint density at radius 1 is 1.32 bits per heavy atom. The highest BCUT2D eigenvalue weighted by atomic mass is 16.6. The van der Waals surface area contributed by atoms with Crippen LogP contribution in [0.25, 0.3) is 0 Å². The minimum atomic E-state index is -0.813. The number of hydrogen-bond donors (Lipinski definition) is 1. The first-order valence-electron chi connectivity index (χ1n) is 5.92. The molecule has 112 valence electrons. The number of ether oxygens (including phenoxy) is 3. The Hall–Kier alpha value is -1.40. The number of carbonyl (C=O) groups is 2. The minimum absolute atomic E-state index is 0.174. The summed E-state index contributed by atoms with van der Waals surface area (Å²) in [5, 5.41) is 8.23. The lowest BCUT2D eigenvalue weighted by Crippen LogP contribution is -2.18. The molecule has 0 amide bonds. The van der Waals surface area contributed by atoms with Gasteiger partial charge < -0.3 is 19.3 Å². The van der Waals surface area contributed by atoms with Crippen LogP contribution in [0.4, 0.5) is 0 Å². The first-order valence-corrected chi connectivity index (χ1v) is 5.92. The summed E-state index contributed by atoms with van der Waals surface area (Å²) in [6, 6.07) is 0. The third kappa shape index (κ3) is 16.6. The lowest BCUT2D eigenvalue weighted by Gasteiger charge is -2.10. The van der Waals surface area contributed by atoms with E-state index in [1.54, 1.807) is 19.9 Å². The standard InChI is InChI=1S/C8H14O3.C5H10O3/c1-4-5-10-6-7(2)11-8(3)9;1-4(3-8-2)5(6)7/h4,7H,1,5-6H2,2-3H3;4H,3H2,1-2H3,(H,6,7). The molecule has 2 unspecified atom stereocenters. The fourth-order valence-corrected chi connectivity index (χ4v) is 0.956. The molecule has 6 heteroatoms. The van der Waals surface area contributed by atoms with E-state index < -0.39 is 5.97 Å². The van der Waals surface area contributed by atoms with Crippen LogP contribution in [0, 0.1) is 5.92 Å². The molecule has 0 saturated carbocycles. The fourth-order valence-electron chi connectivity index (χ4n) is 0.956. The lowest BCUT2D eigenvalue weighted by molar-refractivity contribution is -0.148. The second kappa shape index (κ2) is 13.0. The van der Waals surface area contributed by atoms with Crippen molar-refractivity contribution in [3.05, 3.63) is 12.7 Å². The number of esters is 1. The number of methoxy groups -OCH3 is 1. The van der Waals surface area contributed by atoms with E-state index in [1.807, 2.05) is 0 Å². The number of carbonyl (C=O) groups excluding carboxylic acids is 1. The van der Waals surface area contributed by atoms with E-state index >= 15 is 0 Å². The van der Waals surface area contributed by atoms with Gasteiger partial charge in [0, 0.05) is 14.0 Å². The van der Waals surface area contributed by atoms with Crippen LogP contribution in [-0.2, 0) is 23.8 Å². The summed E-state index contributed by atoms with van der Waals surface area (Å²) in [5.41, 5.74) is 0. The Morgan fingerprint density at radius 3 is 2.21 bits per heavy atom. The van der Waals surface area contributed by atoms with Gasteiger partial charge in [-0.3, -0.25) is 9.59 Å². The maximum atomic E-state index is 10.4. The quantitative estimate of drug-likeness (QED) is 0.411. The average molecular weight is 276 g/mol. The van der Waals surface area contributed by atoms with E-state index in [2.05, 4.69) is 11.3 Å². The van der Waals surface area contributed by atoms with Gasteiger partial charge in [-0.15, -0.1) is 6.58 Å². The van der Waals surface area contributed by atoms with Crippen LogP contribution in [0.1, 0.15) is 20.8 Å². The molecule has 0 aromatic rings. The number of hydrogen-bond acceptors (Lipinski definition) is 5. The van der Waals surface area contributed by atoms with Gasteiger partial charge in [-0.2, -0.15) is 0 Å². The zero-order valence-electron chi connectivity index (χ0n) is 12.0. The number of carboxylic acid groups (broad SMARTS) is 1. The van der Waals surface area contributed by atoms with Crippen molar-refractivity contribution in [3.8, 4) is 0 Å². The fraction of sp³-hybridized carbons (Fsp3) is 0.692. The van der Waals surface area contributed by atoms with Gasteiger partial charge in [0.25, 0.3) is 0 Å². The third-order valence-corrected chi connectivity index (χ3v) is 1.79. The number of rotatable bonds is 8. The Kier molecular flexibility index (Phi) is 13.7. The topological polar surface area (TPSA) is 82.1 Å². The molecule has 0 aromatic heterocycles. The van der Waals surface area contributed by atoms with E-state index in [1.165, 1.54) is 14.0 Å². The van der Waals surface area contributed by atoms with E-state index in [9.17, 15) is 9.59 Å². The maximum Gasteiger partial charge on any atom is 0.308 e. The van der Waals surface area contributed by atoms with Gasteiger partial charge in [-0.25, -0.2) is 0 Å². The average Bonchev–Trinajstić information content (AvgIpc) is 2.29. The number of aliphatic carboxylic acids is 1. The van der Waals surface area contributed by atoms with E-state index in [-0.39, 0.29) is 24.6 Å². The molecule has 0 saturated heterocycles. The van der Waals surface area contributed by atoms with Crippen molar-refractivity contribution in [3.63, 3.8) is 0 Å². The summed E-state index contributed by atoms with van der Waals surface area (Å²) in [6.07, 6.45) is 1.48. The van der Waals surface area contributed by atoms with Crippen LogP contribution < -0.4 is 0 Å². The molecule has 0 rings (SSSR count). The zero-order valence-corrected chi connectivity index (χ0v) is 12.0. The van der Waals surface area contributed by atoms with Crippen LogP contribution in [0.15, 0.2) is 12.7 Å². The minimum Gasteiger partial charge on any atom is -0.481 e. The molecule has 0 aliphatic carbocycles. The van der Waals surface area contributed by atoms with Crippen LogP contribution in [0.2, 0.25) is 0 Å². The first-order chi connectivity index (χ1) is 8.84. The van der Waals surface area contributed by atoms with Gasteiger partial charge in [-0.1, -0.05) is 6.08 Å². The highest BCUT2D eigenvalue weighted by molar-refractivity contribution is 5.69. The molecule has 1 N–H and O–H groups in total. The largest absolute Gasteiger partial charge is 0.481 e. The monoisotopic (exact) mass is 276 g/mol. The molecule has 0 heterocycles. The Balaban J connectivity index is 0. The molecule has 0 spiro atoms. The summed E-state index contributed by atoms with van der Waals surface area (Å²) in [4.78, 5) is 20.4. The van der Waals surface area contributed by atoms with Crippen LogP contribution in [-0.4, -0.2) is 50.1 Å². The molecule has 6 nitrogen and oxygen atoms in total. The molecule has 0 aromatic carbocycles. The Bertz CT molecular complexity index is 264. The van der Waals surface area contributed by atoms with Gasteiger partial charge in [-0.05, 0) is 13.8 Å². The summed E-state index contributed by atoms with van der Waals surface area (Å²) in [5.74, 6) is -1.48. The van der Waals surface area contributed by atoms with E-state index in [0.29, 0.717) is 13.2 Å². The first kappa shape index (κ1) is 19.9. The SMILES string of the molecule is C=CCOCC(C)OC(C)=O.COCC(C)C(=O)O. The molecular weight excluding hydrogens is 252 g/mol. The van der Waals surface area contributed by atoms with Gasteiger partial charge in [0.1, 0.15) is 6.10 Å². The highest BCUT2D eigenvalue weighted by Gasteiger charge is 2.08. The molecule has 0 aliphatic rings. The molecule has 19 heavy (non-hydrogen) atoms. The summed E-state index contributed by atoms with van der Waals surface area (Å²) >= 11 is 0. The van der Waals surface area contributed by atoms with Crippen molar-refractivity contribution >= 4 is 11.9 Å². The zero-order chi connectivity index (χ0) is 15.3. The highest BCUT2D eigenvalue weighted by Crippen LogP contribution is 1.93. The predicted molar refractivity (Wildman–Crippen MR) is 70.9 cm³/mol. The normalized spacial score (nSPS) is 12.6. The van der Waals surface area contributed by atoms with Gasteiger partial charge in [0.2, 0.25) is 0 Å². The van der Waals surface area contributed by atoms with E-state index in [4.69, 9.17) is 14.6 Å². The second-order valence-corrected chi connectivity index (χ2v) is 3.94. The predicted octanol–water partition coefficient (Wildman–Crippen LogP) is 1.49. The Labute approximate surface area is 114 Å². The van der Waals surface area contributed by atoms with Crippen molar-refractivity contribution in [2.24, 2.45) is 5.92 Å². The molecule has 0 bridgehead atoms. The second-order valence-electron chi connectivity index (χ2n) is 3.94. The lowest BCUT2D eigenvalue weighted by atomic mass is 10.2. The van der Waals surface area contributed by atoms with Gasteiger partial charge >= 0.3 is 11.9 Å². The molecule has 0 fully saturated rings. The van der Waals surface area contributed by atoms with Gasteiger partial charge in [0.15, 0.2) is 0 Å². The molecule has 2 atom stereocenters. The van der Waals surface area contributed by atoms with Crippen LogP contribution >= 0.6 is 0 Å². The number of carboxylic acids is 1. The summed E-state index contributed by atoms with van der Waals surface area (Å²) < 4.78 is 14.4. The molecule has 0 aliphatic heterocycles. The molecular formula is C13H24O6. The summed E-state index contributed by atoms with van der Waals surface area (Å²) in [6.45, 7) is 9.45. The van der Waals surface area contributed by atoms with Crippen LogP contribution in [0.3, 0.4) is 0 Å². The smallest absolute Gasteiger partial charge is 0.308 e. The van der Waals surface area contributed by atoms with Crippen molar-refractivity contribution in [2.45, 2.75) is 26.9 Å². The maximum absolute atomic E-state index is 10.4. The van der Waals surface area contributed by atoms with Crippen molar-refractivity contribution in [2.75, 3.05) is 26.9 Å². The third-order valence-electron chi connectivity index (χ3n) is 1.79. The van der Waals surface area contributed by atoms with E-state index in [0.717, 1.165) is 0 Å². The van der Waals surface area contributed by atoms with Crippen molar-refractivity contribution < 1.29 is 28.9 Å². The van der Waals surface area contributed by atoms with Crippen LogP contribution in [0.5, 0.6) is 0 Å². The van der Waals surface area contributed by atoms with Crippen molar-refractivity contribution in [1.29, 1.82) is 0 Å². The van der Waals surface area contributed by atoms with Gasteiger partial charge in [0.05, 0.1) is 25.7 Å². The molecule has 0 radical (unpaired) electrons.